The molecule has 2 unspecified atom stereocenters. The molecule has 1 aliphatic rings. The monoisotopic (exact) mass is 234 g/mol. The number of hydrogen-bond acceptors (Lipinski definition) is 0. The van der Waals surface area contributed by atoms with Gasteiger partial charge in [0.25, 0.3) is 0 Å². The summed E-state index contributed by atoms with van der Waals surface area (Å²) in [5.41, 5.74) is 0. The fourth-order valence-corrected chi connectivity index (χ4v) is 2.41. The van der Waals surface area contributed by atoms with Gasteiger partial charge < -0.3 is 0 Å². The van der Waals surface area contributed by atoms with Gasteiger partial charge in [0.2, 0.25) is 0 Å². The highest BCUT2D eigenvalue weighted by Gasteiger charge is 2.51. The van der Waals surface area contributed by atoms with Crippen LogP contribution < -0.4 is 0 Å². The molecule has 0 aromatic rings. The average molecular weight is 236 g/mol. The van der Waals surface area contributed by atoms with Crippen LogP contribution in [0.3, 0.4) is 0 Å². The van der Waals surface area contributed by atoms with Gasteiger partial charge in [0.15, 0.2) is 4.33 Å². The van der Waals surface area contributed by atoms with Crippen molar-refractivity contribution in [3.63, 3.8) is 0 Å². The second-order valence-electron chi connectivity index (χ2n) is 3.18. The van der Waals surface area contributed by atoms with E-state index in [1.807, 2.05) is 6.92 Å². The van der Waals surface area contributed by atoms with Gasteiger partial charge >= 0.3 is 0 Å². The third-order valence-corrected chi connectivity index (χ3v) is 5.00. The highest BCUT2D eigenvalue weighted by Crippen LogP contribution is 2.51. The second-order valence-corrected chi connectivity index (χ2v) is 5.93. The van der Waals surface area contributed by atoms with Gasteiger partial charge in [-0.1, -0.05) is 29.6 Å². The van der Waals surface area contributed by atoms with Crippen LogP contribution in [0.1, 0.15) is 26.2 Å². The summed E-state index contributed by atoms with van der Waals surface area (Å²) in [4.78, 5) is -0.583. The van der Waals surface area contributed by atoms with E-state index in [1.165, 1.54) is 0 Å². The van der Waals surface area contributed by atoms with Gasteiger partial charge in [-0.3, -0.25) is 0 Å². The molecule has 0 heterocycles. The molecule has 0 nitrogen and oxygen atoms in total. The summed E-state index contributed by atoms with van der Waals surface area (Å²) in [6, 6.07) is 0. The van der Waals surface area contributed by atoms with Crippen molar-refractivity contribution < 1.29 is 0 Å². The molecule has 0 aromatic carbocycles. The Labute approximate surface area is 87.1 Å². The van der Waals surface area contributed by atoms with Gasteiger partial charge in [-0.05, 0) is 19.8 Å². The maximum absolute atomic E-state index is 6.11. The molecule has 1 rings (SSSR count). The minimum absolute atomic E-state index is 0.234. The summed E-state index contributed by atoms with van der Waals surface area (Å²) in [6.07, 6.45) is 2.66. The van der Waals surface area contributed by atoms with E-state index in [4.69, 9.17) is 46.4 Å². The first-order chi connectivity index (χ1) is 4.88. The van der Waals surface area contributed by atoms with Gasteiger partial charge in [0.1, 0.15) is 0 Å². The molecule has 11 heavy (non-hydrogen) atoms. The first-order valence-electron chi connectivity index (χ1n) is 3.59. The zero-order valence-corrected chi connectivity index (χ0v) is 9.23. The van der Waals surface area contributed by atoms with Crippen LogP contribution in [0.15, 0.2) is 0 Å². The number of rotatable bonds is 0. The first-order valence-corrected chi connectivity index (χ1v) is 5.16. The summed E-state index contributed by atoms with van der Waals surface area (Å²) in [7, 11) is 0. The first kappa shape index (κ1) is 10.2. The lowest BCUT2D eigenvalue weighted by Gasteiger charge is -2.42. The smallest absolute Gasteiger partial charge is 0.120 e. The Bertz CT molecular complexity index is 153. The Hall–Kier alpha value is 1.16. The normalized spacial score (nSPS) is 43.9. The summed E-state index contributed by atoms with van der Waals surface area (Å²) in [5, 5.41) is -0.234. The van der Waals surface area contributed by atoms with E-state index in [9.17, 15) is 0 Å². The predicted octanol–water partition coefficient (Wildman–Crippen LogP) is 3.95. The molecule has 66 valence electrons. The van der Waals surface area contributed by atoms with Gasteiger partial charge in [0, 0.05) is 0 Å². The highest BCUT2D eigenvalue weighted by molar-refractivity contribution is 6.56. The van der Waals surface area contributed by atoms with Crippen molar-refractivity contribution in [2.24, 2.45) is 0 Å². The molecule has 1 saturated carbocycles. The lowest BCUT2D eigenvalue weighted by atomic mass is 9.88. The third-order valence-electron chi connectivity index (χ3n) is 2.19. The van der Waals surface area contributed by atoms with Crippen LogP contribution in [0.2, 0.25) is 0 Å². The average Bonchev–Trinajstić information content (AvgIpc) is 1.84. The van der Waals surface area contributed by atoms with Gasteiger partial charge in [-0.25, -0.2) is 0 Å². The Morgan fingerprint density at radius 2 is 1.82 bits per heavy atom. The van der Waals surface area contributed by atoms with E-state index >= 15 is 0 Å². The Morgan fingerprint density at radius 3 is 2.18 bits per heavy atom. The van der Waals surface area contributed by atoms with Crippen LogP contribution in [0.25, 0.3) is 0 Å². The van der Waals surface area contributed by atoms with Gasteiger partial charge in [0.05, 0.1) is 10.3 Å². The zero-order chi connectivity index (χ0) is 8.70. The van der Waals surface area contributed by atoms with Crippen molar-refractivity contribution in [1.29, 1.82) is 0 Å². The molecule has 0 radical (unpaired) electrons. The van der Waals surface area contributed by atoms with Crippen LogP contribution in [-0.4, -0.2) is 14.6 Å². The summed E-state index contributed by atoms with van der Waals surface area (Å²) < 4.78 is -0.992. The molecule has 0 aromatic heterocycles. The minimum atomic E-state index is -0.992. The molecule has 2 atom stereocenters. The van der Waals surface area contributed by atoms with Crippen molar-refractivity contribution in [1.82, 2.24) is 0 Å². The molecule has 0 amide bonds. The van der Waals surface area contributed by atoms with Crippen molar-refractivity contribution in [2.75, 3.05) is 0 Å². The molecule has 0 spiro atoms. The fourth-order valence-electron chi connectivity index (χ4n) is 1.29. The number of hydrogen-bond donors (Lipinski definition) is 0. The van der Waals surface area contributed by atoms with E-state index in [0.29, 0.717) is 0 Å². The standard InChI is InChI=1S/C7H10Cl4/c1-6(9)4-2-3-5(8)7(6,10)11/h5H,2-4H2,1H3. The summed E-state index contributed by atoms with van der Waals surface area (Å²) in [6.45, 7) is 1.84. The molecule has 0 aliphatic heterocycles. The molecule has 1 aliphatic carbocycles. The molecule has 0 bridgehead atoms. The summed E-state index contributed by atoms with van der Waals surface area (Å²) in [5.74, 6) is 0. The Morgan fingerprint density at radius 1 is 1.27 bits per heavy atom. The van der Waals surface area contributed by atoms with E-state index in [1.54, 1.807) is 0 Å². The lowest BCUT2D eigenvalue weighted by molar-refractivity contribution is 0.396. The topological polar surface area (TPSA) is 0 Å². The van der Waals surface area contributed by atoms with Gasteiger partial charge in [-0.15, -0.1) is 23.2 Å². The Kier molecular flexibility index (Phi) is 2.92. The van der Waals surface area contributed by atoms with E-state index in [0.717, 1.165) is 19.3 Å². The number of alkyl halides is 4. The van der Waals surface area contributed by atoms with Crippen molar-refractivity contribution in [3.05, 3.63) is 0 Å². The van der Waals surface area contributed by atoms with Crippen molar-refractivity contribution >= 4 is 46.4 Å². The fraction of sp³-hybridized carbons (Fsp3) is 1.00. The predicted molar refractivity (Wildman–Crippen MR) is 52.2 cm³/mol. The quantitative estimate of drug-likeness (QED) is 0.558. The molecule has 1 fully saturated rings. The van der Waals surface area contributed by atoms with Crippen LogP contribution in [0, 0.1) is 0 Å². The van der Waals surface area contributed by atoms with E-state index < -0.39 is 9.21 Å². The molecule has 0 N–H and O–H groups in total. The number of halogens is 4. The molecule has 0 saturated heterocycles. The maximum Gasteiger partial charge on any atom is 0.153 e. The SMILES string of the molecule is CC1(Cl)CCCC(Cl)C1(Cl)Cl. The van der Waals surface area contributed by atoms with E-state index in [2.05, 4.69) is 0 Å². The van der Waals surface area contributed by atoms with Crippen LogP contribution in [-0.2, 0) is 0 Å². The van der Waals surface area contributed by atoms with Crippen LogP contribution in [0.4, 0.5) is 0 Å². The van der Waals surface area contributed by atoms with Crippen molar-refractivity contribution in [2.45, 2.75) is 40.8 Å². The highest BCUT2D eigenvalue weighted by atomic mass is 35.5. The minimum Gasteiger partial charge on any atom is -0.120 e. The molecule has 4 heteroatoms. The maximum atomic E-state index is 6.11. The zero-order valence-electron chi connectivity index (χ0n) is 6.21. The molecular formula is C7H10Cl4. The largest absolute Gasteiger partial charge is 0.153 e. The van der Waals surface area contributed by atoms with Crippen molar-refractivity contribution in [3.8, 4) is 0 Å². The van der Waals surface area contributed by atoms with Crippen LogP contribution in [0.5, 0.6) is 0 Å². The van der Waals surface area contributed by atoms with E-state index in [-0.39, 0.29) is 5.38 Å². The Balaban J connectivity index is 2.82. The van der Waals surface area contributed by atoms with Crippen LogP contribution >= 0.6 is 46.4 Å². The van der Waals surface area contributed by atoms with Gasteiger partial charge in [-0.2, -0.15) is 0 Å². The lowest BCUT2D eigenvalue weighted by Crippen LogP contribution is -2.48. The second kappa shape index (κ2) is 3.14. The molecular weight excluding hydrogens is 226 g/mol. The summed E-state index contributed by atoms with van der Waals surface area (Å²) >= 11 is 24.1. The third kappa shape index (κ3) is 1.75.